The molecular formula is C30H33F3N6O2. The third-order valence-corrected chi connectivity index (χ3v) is 7.30. The van der Waals surface area contributed by atoms with E-state index < -0.39 is 6.36 Å². The van der Waals surface area contributed by atoms with E-state index in [-0.39, 0.29) is 24.1 Å². The summed E-state index contributed by atoms with van der Waals surface area (Å²) in [4.78, 5) is 26.7. The number of hydrogen-bond acceptors (Lipinski definition) is 6. The highest BCUT2D eigenvalue weighted by atomic mass is 19.4. The Hall–Kier alpha value is -4.12. The first-order valence-corrected chi connectivity index (χ1v) is 13.6. The number of pyridine rings is 1. The van der Waals surface area contributed by atoms with E-state index in [0.29, 0.717) is 30.0 Å². The summed E-state index contributed by atoms with van der Waals surface area (Å²) in [7, 11) is 2.14. The first kappa shape index (κ1) is 28.4. The van der Waals surface area contributed by atoms with Crippen molar-refractivity contribution >= 4 is 22.8 Å². The Morgan fingerprint density at radius 1 is 1.02 bits per heavy atom. The zero-order valence-corrected chi connectivity index (χ0v) is 23.1. The van der Waals surface area contributed by atoms with E-state index in [4.69, 9.17) is 0 Å². The highest BCUT2D eigenvalue weighted by Crippen LogP contribution is 2.24. The lowest BCUT2D eigenvalue weighted by atomic mass is 10.1. The van der Waals surface area contributed by atoms with Crippen LogP contribution in [0.25, 0.3) is 11.2 Å². The van der Waals surface area contributed by atoms with Gasteiger partial charge in [-0.2, -0.15) is 0 Å². The molecule has 2 aromatic carbocycles. The minimum Gasteiger partial charge on any atom is -0.406 e. The third-order valence-electron chi connectivity index (χ3n) is 7.30. The predicted octanol–water partition coefficient (Wildman–Crippen LogP) is 4.94. The number of alkyl halides is 3. The number of nitrogens with one attached hydrogen (secondary N) is 1. The molecule has 1 amide bonds. The van der Waals surface area contributed by atoms with Crippen LogP contribution in [0.1, 0.15) is 36.3 Å². The van der Waals surface area contributed by atoms with Crippen molar-refractivity contribution in [1.29, 1.82) is 0 Å². The lowest BCUT2D eigenvalue weighted by Crippen LogP contribution is -2.44. The van der Waals surface area contributed by atoms with Gasteiger partial charge in [0.25, 0.3) is 0 Å². The lowest BCUT2D eigenvalue weighted by Gasteiger charge is -2.34. The summed E-state index contributed by atoms with van der Waals surface area (Å²) in [5.41, 5.74) is 4.31. The molecule has 0 aliphatic carbocycles. The molecule has 0 radical (unpaired) electrons. The highest BCUT2D eigenvalue weighted by molar-refractivity contribution is 5.77. The number of imidazole rings is 1. The molecule has 3 heterocycles. The Balaban J connectivity index is 1.21. The van der Waals surface area contributed by atoms with Gasteiger partial charge in [0.05, 0.1) is 12.6 Å². The Morgan fingerprint density at radius 2 is 1.73 bits per heavy atom. The van der Waals surface area contributed by atoms with Crippen molar-refractivity contribution in [2.24, 2.45) is 0 Å². The Kier molecular flexibility index (Phi) is 8.44. The number of rotatable bonds is 9. The van der Waals surface area contributed by atoms with Gasteiger partial charge in [0.15, 0.2) is 5.65 Å². The summed E-state index contributed by atoms with van der Waals surface area (Å²) in [5.74, 6) is 0.296. The largest absolute Gasteiger partial charge is 0.573 e. The van der Waals surface area contributed by atoms with E-state index in [0.717, 1.165) is 37.3 Å². The number of carbonyl (C=O) groups excluding carboxylic acids is 1. The van der Waals surface area contributed by atoms with Crippen LogP contribution in [-0.2, 0) is 17.8 Å². The van der Waals surface area contributed by atoms with E-state index in [1.54, 1.807) is 24.4 Å². The predicted molar refractivity (Wildman–Crippen MR) is 151 cm³/mol. The van der Waals surface area contributed by atoms with Crippen LogP contribution in [-0.4, -0.2) is 64.9 Å². The van der Waals surface area contributed by atoms with Gasteiger partial charge in [-0.05, 0) is 61.5 Å². The van der Waals surface area contributed by atoms with Crippen LogP contribution in [0.4, 0.5) is 18.9 Å². The van der Waals surface area contributed by atoms with E-state index in [9.17, 15) is 18.0 Å². The van der Waals surface area contributed by atoms with Crippen molar-refractivity contribution in [2.75, 3.05) is 38.1 Å². The average Bonchev–Trinajstić information content (AvgIpc) is 3.30. The molecular weight excluding hydrogens is 533 g/mol. The molecule has 1 N–H and O–H groups in total. The van der Waals surface area contributed by atoms with Gasteiger partial charge in [-0.1, -0.05) is 24.3 Å². The van der Waals surface area contributed by atoms with Crippen molar-refractivity contribution in [1.82, 2.24) is 24.8 Å². The molecule has 1 saturated heterocycles. The van der Waals surface area contributed by atoms with Gasteiger partial charge in [0, 0.05) is 50.9 Å². The monoisotopic (exact) mass is 566 g/mol. The Bertz CT molecular complexity index is 1460. The number of fused-ring (bicyclic) bond motifs is 1. The van der Waals surface area contributed by atoms with Gasteiger partial charge in [-0.15, -0.1) is 13.2 Å². The maximum Gasteiger partial charge on any atom is 0.573 e. The smallest absolute Gasteiger partial charge is 0.406 e. The molecule has 1 atom stereocenters. The van der Waals surface area contributed by atoms with Crippen LogP contribution in [0, 0.1) is 0 Å². The van der Waals surface area contributed by atoms with Crippen LogP contribution in [0.15, 0.2) is 66.9 Å². The zero-order valence-electron chi connectivity index (χ0n) is 23.1. The first-order valence-electron chi connectivity index (χ1n) is 13.6. The number of anilines is 1. The second-order valence-electron chi connectivity index (χ2n) is 10.3. The molecule has 5 rings (SSSR count). The van der Waals surface area contributed by atoms with Crippen LogP contribution in [0.3, 0.4) is 0 Å². The molecule has 4 aromatic rings. The van der Waals surface area contributed by atoms with Crippen LogP contribution in [0.5, 0.6) is 5.75 Å². The molecule has 1 fully saturated rings. The number of carbonyl (C=O) groups is 1. The fraction of sp³-hybridized carbons (Fsp3) is 0.367. The van der Waals surface area contributed by atoms with Crippen molar-refractivity contribution in [2.45, 2.75) is 38.7 Å². The molecule has 0 saturated carbocycles. The fourth-order valence-electron chi connectivity index (χ4n) is 5.00. The van der Waals surface area contributed by atoms with Crippen molar-refractivity contribution < 1.29 is 22.7 Å². The number of halogens is 3. The Morgan fingerprint density at radius 3 is 2.41 bits per heavy atom. The van der Waals surface area contributed by atoms with Gasteiger partial charge in [0.1, 0.15) is 17.1 Å². The van der Waals surface area contributed by atoms with Gasteiger partial charge < -0.3 is 24.4 Å². The van der Waals surface area contributed by atoms with Gasteiger partial charge in [0.2, 0.25) is 5.91 Å². The molecule has 11 heteroatoms. The number of piperazine rings is 1. The molecule has 1 aliphatic heterocycles. The number of benzene rings is 2. The van der Waals surface area contributed by atoms with Crippen molar-refractivity contribution in [3.63, 3.8) is 0 Å². The normalized spacial score (nSPS) is 15.2. The zero-order chi connectivity index (χ0) is 29.0. The van der Waals surface area contributed by atoms with Crippen LogP contribution < -0.4 is 15.0 Å². The van der Waals surface area contributed by atoms with Crippen LogP contribution in [0.2, 0.25) is 0 Å². The standard InChI is InChI=1S/C30H33F3N6O2/c1-21(23-7-9-24(10-8-23)38-18-16-37(2)17-19-38)35-28(40)14-13-27-36-26-4-3-15-34-29(26)39(27)20-22-5-11-25(12-6-22)41-30(31,32)33/h3-12,15,21H,13-14,16-20H2,1-2H3,(H,35,40). The summed E-state index contributed by atoms with van der Waals surface area (Å²) in [6, 6.07) is 17.5. The molecule has 0 bridgehead atoms. The number of hydrogen-bond donors (Lipinski definition) is 1. The van der Waals surface area contributed by atoms with Crippen LogP contribution >= 0.6 is 0 Å². The Labute approximate surface area is 236 Å². The summed E-state index contributed by atoms with van der Waals surface area (Å²) < 4.78 is 43.4. The molecule has 1 aliphatic rings. The van der Waals surface area contributed by atoms with Crippen molar-refractivity contribution in [3.8, 4) is 5.75 Å². The minimum absolute atomic E-state index is 0.0964. The number of likely N-dealkylation sites (N-methyl/N-ethyl adjacent to an activating group) is 1. The number of nitrogens with zero attached hydrogens (tertiary/aromatic N) is 5. The third kappa shape index (κ3) is 7.35. The SMILES string of the molecule is CC(NC(=O)CCc1nc2cccnc2n1Cc1ccc(OC(F)(F)F)cc1)c1ccc(N2CCN(C)CC2)cc1. The van der Waals surface area contributed by atoms with Gasteiger partial charge >= 0.3 is 6.36 Å². The number of aryl methyl sites for hydroxylation is 1. The number of aromatic nitrogens is 3. The number of ether oxygens (including phenoxy) is 1. The quantitative estimate of drug-likeness (QED) is 0.310. The summed E-state index contributed by atoms with van der Waals surface area (Å²) >= 11 is 0. The molecule has 2 aromatic heterocycles. The fourth-order valence-corrected chi connectivity index (χ4v) is 5.00. The summed E-state index contributed by atoms with van der Waals surface area (Å²) in [6.45, 7) is 6.39. The summed E-state index contributed by atoms with van der Waals surface area (Å²) in [6.07, 6.45) is -2.48. The van der Waals surface area contributed by atoms with E-state index in [2.05, 4.69) is 61.1 Å². The lowest BCUT2D eigenvalue weighted by molar-refractivity contribution is -0.274. The molecule has 8 nitrogen and oxygen atoms in total. The number of amides is 1. The maximum absolute atomic E-state index is 12.9. The van der Waals surface area contributed by atoms with Crippen molar-refractivity contribution in [3.05, 3.63) is 83.8 Å². The summed E-state index contributed by atoms with van der Waals surface area (Å²) in [5, 5.41) is 3.08. The van der Waals surface area contributed by atoms with Gasteiger partial charge in [-0.3, -0.25) is 4.79 Å². The van der Waals surface area contributed by atoms with E-state index in [1.807, 2.05) is 17.6 Å². The molecule has 0 spiro atoms. The second kappa shape index (κ2) is 12.2. The first-order chi connectivity index (χ1) is 19.6. The molecule has 216 valence electrons. The molecule has 1 unspecified atom stereocenters. The average molecular weight is 567 g/mol. The van der Waals surface area contributed by atoms with E-state index in [1.165, 1.54) is 17.8 Å². The van der Waals surface area contributed by atoms with E-state index >= 15 is 0 Å². The maximum atomic E-state index is 12.9. The topological polar surface area (TPSA) is 75.5 Å². The second-order valence-corrected chi connectivity index (χ2v) is 10.3. The highest BCUT2D eigenvalue weighted by Gasteiger charge is 2.31. The minimum atomic E-state index is -4.74. The molecule has 41 heavy (non-hydrogen) atoms. The van der Waals surface area contributed by atoms with Gasteiger partial charge in [-0.25, -0.2) is 9.97 Å².